The molecule has 1 aliphatic rings. The smallest absolute Gasteiger partial charge is 0.213 e. The number of hydrazone groups is 1. The van der Waals surface area contributed by atoms with Gasteiger partial charge in [0.1, 0.15) is 11.6 Å². The molecule has 0 radical (unpaired) electrons. The van der Waals surface area contributed by atoms with Gasteiger partial charge in [-0.25, -0.2) is 13.8 Å². The van der Waals surface area contributed by atoms with Crippen LogP contribution in [0.5, 0.6) is 5.88 Å². The molecule has 0 saturated carbocycles. The summed E-state index contributed by atoms with van der Waals surface area (Å²) in [5.74, 6) is -0.270. The molecule has 1 aromatic heterocycles. The fourth-order valence-corrected chi connectivity index (χ4v) is 3.65. The Hall–Kier alpha value is -3.54. The highest BCUT2D eigenvalue weighted by molar-refractivity contribution is 5.91. The Kier molecular flexibility index (Phi) is 5.55. The average Bonchev–Trinajstić information content (AvgIpc) is 2.76. The zero-order valence-electron chi connectivity index (χ0n) is 18.6. The number of hydrogen-bond donors (Lipinski definition) is 0. The maximum atomic E-state index is 15.0. The van der Waals surface area contributed by atoms with Crippen LogP contribution in [0.4, 0.5) is 8.78 Å². The summed E-state index contributed by atoms with van der Waals surface area (Å²) < 4.78 is 35.0. The molecule has 164 valence electrons. The van der Waals surface area contributed by atoms with E-state index in [0.717, 1.165) is 11.1 Å². The number of benzene rings is 2. The zero-order chi connectivity index (χ0) is 23.0. The van der Waals surface area contributed by atoms with Crippen LogP contribution in [0.2, 0.25) is 0 Å². The number of rotatable bonds is 4. The molecule has 0 atom stereocenters. The van der Waals surface area contributed by atoms with E-state index in [1.807, 2.05) is 32.9 Å². The molecule has 0 unspecified atom stereocenters. The van der Waals surface area contributed by atoms with Crippen molar-refractivity contribution in [2.45, 2.75) is 32.7 Å². The maximum Gasteiger partial charge on any atom is 0.213 e. The van der Waals surface area contributed by atoms with Gasteiger partial charge in [0.15, 0.2) is 0 Å². The van der Waals surface area contributed by atoms with E-state index >= 15 is 0 Å². The lowest BCUT2D eigenvalue weighted by molar-refractivity contribution is 0.398. The fraction of sp³-hybridized carbons (Fsp3) is 0.231. The van der Waals surface area contributed by atoms with E-state index in [4.69, 9.17) is 4.74 Å². The van der Waals surface area contributed by atoms with Crippen LogP contribution in [0.25, 0.3) is 16.8 Å². The zero-order valence-corrected chi connectivity index (χ0v) is 18.6. The summed E-state index contributed by atoms with van der Waals surface area (Å²) in [6.45, 7) is 10.3. The molecule has 0 saturated heterocycles. The van der Waals surface area contributed by atoms with Crippen LogP contribution < -0.4 is 4.74 Å². The molecule has 0 bridgehead atoms. The van der Waals surface area contributed by atoms with Crippen LogP contribution in [0.15, 0.2) is 60.3 Å². The molecule has 4 rings (SSSR count). The number of aromatic nitrogens is 1. The highest BCUT2D eigenvalue weighted by Gasteiger charge is 2.25. The van der Waals surface area contributed by atoms with E-state index in [9.17, 15) is 8.78 Å². The average molecular weight is 434 g/mol. The second kappa shape index (κ2) is 8.19. The Bertz CT molecular complexity index is 1230. The third-order valence-corrected chi connectivity index (χ3v) is 5.57. The van der Waals surface area contributed by atoms with Gasteiger partial charge in [0, 0.05) is 29.0 Å². The van der Waals surface area contributed by atoms with Crippen molar-refractivity contribution in [2.75, 3.05) is 7.11 Å². The second-order valence-corrected chi connectivity index (χ2v) is 8.81. The first kappa shape index (κ1) is 21.7. The van der Waals surface area contributed by atoms with Crippen LogP contribution in [0.3, 0.4) is 0 Å². The Morgan fingerprint density at radius 3 is 2.44 bits per heavy atom. The van der Waals surface area contributed by atoms with Crippen molar-refractivity contribution in [1.29, 1.82) is 0 Å². The highest BCUT2D eigenvalue weighted by Crippen LogP contribution is 2.34. The van der Waals surface area contributed by atoms with Gasteiger partial charge in [0.25, 0.3) is 0 Å². The highest BCUT2D eigenvalue weighted by atomic mass is 19.1. The lowest BCUT2D eigenvalue weighted by Crippen LogP contribution is -2.22. The van der Waals surface area contributed by atoms with Gasteiger partial charge in [0.2, 0.25) is 5.88 Å². The standard InChI is InChI=1S/C26H25F2N3O/c1-16-25-20(10-21(13-23(25)28)26(2,3)4)14-30-31(16)15-19-7-6-17(11-22(19)27)18-8-9-29-24(12-18)32-5/h6-14H,1,15H2,2-5H3. The van der Waals surface area contributed by atoms with E-state index in [-0.39, 0.29) is 23.6 Å². The fourth-order valence-electron chi connectivity index (χ4n) is 3.65. The van der Waals surface area contributed by atoms with Crippen LogP contribution in [-0.2, 0) is 12.0 Å². The maximum absolute atomic E-state index is 15.0. The van der Waals surface area contributed by atoms with E-state index in [1.165, 1.54) is 18.2 Å². The summed E-state index contributed by atoms with van der Waals surface area (Å²) in [6.07, 6.45) is 3.22. The Morgan fingerprint density at radius 2 is 1.75 bits per heavy atom. The minimum atomic E-state index is -0.379. The van der Waals surface area contributed by atoms with Crippen molar-refractivity contribution in [3.8, 4) is 17.0 Å². The SMILES string of the molecule is C=C1c2c(F)cc(C(C)(C)C)cc2C=NN1Cc1ccc(-c2ccnc(OC)c2)cc1F. The molecular weight excluding hydrogens is 408 g/mol. The second-order valence-electron chi connectivity index (χ2n) is 8.81. The molecule has 2 heterocycles. The van der Waals surface area contributed by atoms with E-state index in [2.05, 4.69) is 16.7 Å². The van der Waals surface area contributed by atoms with Crippen LogP contribution in [0, 0.1) is 11.6 Å². The molecule has 6 heteroatoms. The van der Waals surface area contributed by atoms with Gasteiger partial charge in [-0.3, -0.25) is 5.01 Å². The van der Waals surface area contributed by atoms with E-state index in [0.29, 0.717) is 33.8 Å². The lowest BCUT2D eigenvalue weighted by atomic mass is 9.84. The summed E-state index contributed by atoms with van der Waals surface area (Å²) in [4.78, 5) is 4.07. The van der Waals surface area contributed by atoms with Gasteiger partial charge >= 0.3 is 0 Å². The monoisotopic (exact) mass is 433 g/mol. The molecule has 32 heavy (non-hydrogen) atoms. The molecule has 0 N–H and O–H groups in total. The van der Waals surface area contributed by atoms with Crippen LogP contribution in [0.1, 0.15) is 43.0 Å². The van der Waals surface area contributed by atoms with Crippen LogP contribution in [-0.4, -0.2) is 23.3 Å². The number of nitrogens with zero attached hydrogens (tertiary/aromatic N) is 3. The Balaban J connectivity index is 1.60. The largest absolute Gasteiger partial charge is 0.481 e. The molecule has 0 amide bonds. The van der Waals surface area contributed by atoms with Gasteiger partial charge in [-0.15, -0.1) is 0 Å². The van der Waals surface area contributed by atoms with Gasteiger partial charge < -0.3 is 4.74 Å². The van der Waals surface area contributed by atoms with E-state index in [1.54, 1.807) is 36.7 Å². The number of ether oxygens (including phenoxy) is 1. The van der Waals surface area contributed by atoms with Gasteiger partial charge in [-0.05, 0) is 46.4 Å². The number of halogens is 2. The molecule has 1 aliphatic heterocycles. The van der Waals surface area contributed by atoms with Crippen LogP contribution >= 0.6 is 0 Å². The van der Waals surface area contributed by atoms with Crippen molar-refractivity contribution in [3.05, 3.63) is 89.1 Å². The molecule has 2 aromatic carbocycles. The summed E-state index contributed by atoms with van der Waals surface area (Å²) in [5.41, 5.74) is 4.12. The third kappa shape index (κ3) is 4.13. The molecule has 4 nitrogen and oxygen atoms in total. The molecule has 0 spiro atoms. The van der Waals surface area contributed by atoms with Gasteiger partial charge in [-0.1, -0.05) is 39.5 Å². The van der Waals surface area contributed by atoms with Crippen molar-refractivity contribution in [1.82, 2.24) is 9.99 Å². The normalized spacial score (nSPS) is 13.3. The molecular formula is C26H25F2N3O. The van der Waals surface area contributed by atoms with Crippen molar-refractivity contribution in [3.63, 3.8) is 0 Å². The summed E-state index contributed by atoms with van der Waals surface area (Å²) in [5, 5.41) is 5.93. The predicted molar refractivity (Wildman–Crippen MR) is 123 cm³/mol. The minimum absolute atomic E-state index is 0.140. The lowest BCUT2D eigenvalue weighted by Gasteiger charge is -2.28. The van der Waals surface area contributed by atoms with Crippen molar-refractivity contribution in [2.24, 2.45) is 5.10 Å². The topological polar surface area (TPSA) is 37.7 Å². The quantitative estimate of drug-likeness (QED) is 0.495. The predicted octanol–water partition coefficient (Wildman–Crippen LogP) is 6.15. The van der Waals surface area contributed by atoms with E-state index < -0.39 is 0 Å². The first-order valence-corrected chi connectivity index (χ1v) is 10.3. The Morgan fingerprint density at radius 1 is 1.00 bits per heavy atom. The van der Waals surface area contributed by atoms with Crippen molar-refractivity contribution < 1.29 is 13.5 Å². The molecule has 0 aliphatic carbocycles. The summed E-state index contributed by atoms with van der Waals surface area (Å²) in [7, 11) is 1.53. The number of methoxy groups -OCH3 is 1. The van der Waals surface area contributed by atoms with Gasteiger partial charge in [-0.2, -0.15) is 5.10 Å². The summed E-state index contributed by atoms with van der Waals surface area (Å²) >= 11 is 0. The number of fused-ring (bicyclic) bond motifs is 1. The Labute approximate surface area is 186 Å². The first-order chi connectivity index (χ1) is 15.2. The summed E-state index contributed by atoms with van der Waals surface area (Å²) in [6, 6.07) is 12.0. The first-order valence-electron chi connectivity index (χ1n) is 10.3. The van der Waals surface area contributed by atoms with Gasteiger partial charge in [0.05, 0.1) is 25.6 Å². The third-order valence-electron chi connectivity index (χ3n) is 5.57. The number of hydrogen-bond acceptors (Lipinski definition) is 4. The number of pyridine rings is 1. The molecule has 3 aromatic rings. The molecule has 0 fully saturated rings. The van der Waals surface area contributed by atoms with Crippen molar-refractivity contribution >= 4 is 11.9 Å². The minimum Gasteiger partial charge on any atom is -0.481 e.